The van der Waals surface area contributed by atoms with E-state index in [1.54, 1.807) is 27.7 Å². The van der Waals surface area contributed by atoms with Crippen molar-refractivity contribution < 1.29 is 24.5 Å². The molecule has 1 aliphatic rings. The topological polar surface area (TPSA) is 90.3 Å². The maximum Gasteiger partial charge on any atom is 0.410 e. The first-order valence-corrected chi connectivity index (χ1v) is 6.25. The first-order valence-electron chi connectivity index (χ1n) is 6.25. The lowest BCUT2D eigenvalue weighted by atomic mass is 10.1. The van der Waals surface area contributed by atoms with Crippen molar-refractivity contribution in [3.8, 4) is 0 Å². The molecule has 0 aromatic carbocycles. The standard InChI is InChI=1S/C12H22N2O5/c1-8-5-14(10(16)17)9(7-15)6-13(8)11(18)19-12(2,3)4/h8-9,15H,5-7H2,1-4H3,(H,16,17)/t8-,9+/m0/s1. The van der Waals surface area contributed by atoms with Crippen molar-refractivity contribution in [2.45, 2.75) is 45.4 Å². The van der Waals surface area contributed by atoms with Gasteiger partial charge in [-0.05, 0) is 27.7 Å². The van der Waals surface area contributed by atoms with E-state index >= 15 is 0 Å². The smallest absolute Gasteiger partial charge is 0.410 e. The molecule has 110 valence electrons. The van der Waals surface area contributed by atoms with Crippen LogP contribution in [0.5, 0.6) is 0 Å². The highest BCUT2D eigenvalue weighted by Gasteiger charge is 2.37. The molecule has 0 bridgehead atoms. The summed E-state index contributed by atoms with van der Waals surface area (Å²) in [7, 11) is 0. The van der Waals surface area contributed by atoms with Crippen LogP contribution < -0.4 is 0 Å². The fourth-order valence-corrected chi connectivity index (χ4v) is 2.00. The van der Waals surface area contributed by atoms with Gasteiger partial charge >= 0.3 is 12.2 Å². The van der Waals surface area contributed by atoms with Crippen molar-refractivity contribution in [3.05, 3.63) is 0 Å². The summed E-state index contributed by atoms with van der Waals surface area (Å²) in [5, 5.41) is 18.3. The number of carbonyl (C=O) groups excluding carboxylic acids is 1. The van der Waals surface area contributed by atoms with Gasteiger partial charge in [0.15, 0.2) is 0 Å². The molecule has 1 fully saturated rings. The molecule has 2 amide bonds. The molecule has 1 rings (SSSR count). The van der Waals surface area contributed by atoms with Crippen LogP contribution in [-0.4, -0.2) is 69.6 Å². The van der Waals surface area contributed by atoms with Crippen LogP contribution >= 0.6 is 0 Å². The van der Waals surface area contributed by atoms with E-state index in [-0.39, 0.29) is 25.7 Å². The van der Waals surface area contributed by atoms with E-state index in [1.165, 1.54) is 4.90 Å². The van der Waals surface area contributed by atoms with E-state index in [1.807, 2.05) is 0 Å². The Hall–Kier alpha value is -1.50. The molecule has 7 nitrogen and oxygen atoms in total. The van der Waals surface area contributed by atoms with Crippen molar-refractivity contribution in [1.29, 1.82) is 0 Å². The summed E-state index contributed by atoms with van der Waals surface area (Å²) in [6.45, 7) is 7.05. The SMILES string of the molecule is C[C@H]1CN(C(=O)O)[C@@H](CO)CN1C(=O)OC(C)(C)C. The minimum atomic E-state index is -1.09. The summed E-state index contributed by atoms with van der Waals surface area (Å²) >= 11 is 0. The van der Waals surface area contributed by atoms with Crippen molar-refractivity contribution >= 4 is 12.2 Å². The molecule has 0 saturated carbocycles. The van der Waals surface area contributed by atoms with Gasteiger partial charge in [-0.2, -0.15) is 0 Å². The summed E-state index contributed by atoms with van der Waals surface area (Å²) in [6, 6.07) is -0.894. The van der Waals surface area contributed by atoms with E-state index in [2.05, 4.69) is 0 Å². The van der Waals surface area contributed by atoms with Crippen LogP contribution in [0.3, 0.4) is 0 Å². The normalized spacial score (nSPS) is 24.3. The number of hydrogen-bond donors (Lipinski definition) is 2. The number of nitrogens with zero attached hydrogens (tertiary/aromatic N) is 2. The monoisotopic (exact) mass is 274 g/mol. The lowest BCUT2D eigenvalue weighted by Crippen LogP contribution is -2.61. The Kier molecular flexibility index (Phi) is 4.62. The molecule has 0 aliphatic carbocycles. The van der Waals surface area contributed by atoms with Gasteiger partial charge in [0.05, 0.1) is 18.7 Å². The third-order valence-electron chi connectivity index (χ3n) is 2.93. The molecule has 0 aromatic rings. The van der Waals surface area contributed by atoms with Gasteiger partial charge in [0, 0.05) is 13.1 Å². The molecule has 1 aliphatic heterocycles. The van der Waals surface area contributed by atoms with Crippen LogP contribution in [0.25, 0.3) is 0 Å². The predicted molar refractivity (Wildman–Crippen MR) is 68.0 cm³/mol. The fourth-order valence-electron chi connectivity index (χ4n) is 2.00. The van der Waals surface area contributed by atoms with Crippen molar-refractivity contribution in [2.24, 2.45) is 0 Å². The number of carbonyl (C=O) groups is 2. The van der Waals surface area contributed by atoms with Crippen LogP contribution in [0.2, 0.25) is 0 Å². The lowest BCUT2D eigenvalue weighted by Gasteiger charge is -2.43. The van der Waals surface area contributed by atoms with Crippen LogP contribution in [0.1, 0.15) is 27.7 Å². The zero-order chi connectivity index (χ0) is 14.8. The van der Waals surface area contributed by atoms with E-state index < -0.39 is 23.8 Å². The van der Waals surface area contributed by atoms with Gasteiger partial charge in [-0.1, -0.05) is 0 Å². The number of ether oxygens (including phenoxy) is 1. The van der Waals surface area contributed by atoms with Crippen molar-refractivity contribution in [2.75, 3.05) is 19.7 Å². The third kappa shape index (κ3) is 3.99. The third-order valence-corrected chi connectivity index (χ3v) is 2.93. The first kappa shape index (κ1) is 15.6. The average molecular weight is 274 g/mol. The van der Waals surface area contributed by atoms with Crippen LogP contribution in [0, 0.1) is 0 Å². The molecule has 2 atom stereocenters. The van der Waals surface area contributed by atoms with Gasteiger partial charge in [0.2, 0.25) is 0 Å². The Morgan fingerprint density at radius 1 is 1.26 bits per heavy atom. The quantitative estimate of drug-likeness (QED) is 0.743. The van der Waals surface area contributed by atoms with Gasteiger partial charge in [0.1, 0.15) is 5.60 Å². The van der Waals surface area contributed by atoms with Gasteiger partial charge in [-0.3, -0.25) is 4.90 Å². The van der Waals surface area contributed by atoms with E-state index in [4.69, 9.17) is 9.84 Å². The molecule has 0 radical (unpaired) electrons. The Labute approximate surface area is 112 Å². The lowest BCUT2D eigenvalue weighted by molar-refractivity contribution is -0.0175. The molecule has 0 spiro atoms. The number of rotatable bonds is 1. The summed E-state index contributed by atoms with van der Waals surface area (Å²) in [5.74, 6) is 0. The molecule has 19 heavy (non-hydrogen) atoms. The Morgan fingerprint density at radius 2 is 1.84 bits per heavy atom. The van der Waals surface area contributed by atoms with E-state index in [9.17, 15) is 14.7 Å². The highest BCUT2D eigenvalue weighted by atomic mass is 16.6. The second kappa shape index (κ2) is 5.64. The Balaban J connectivity index is 2.77. The summed E-state index contributed by atoms with van der Waals surface area (Å²) in [5.41, 5.74) is -0.602. The zero-order valence-electron chi connectivity index (χ0n) is 11.8. The molecule has 0 unspecified atom stereocenters. The number of aliphatic hydroxyl groups is 1. The highest BCUT2D eigenvalue weighted by molar-refractivity contribution is 5.70. The average Bonchev–Trinajstić information content (AvgIpc) is 2.25. The van der Waals surface area contributed by atoms with E-state index in [0.717, 1.165) is 4.90 Å². The summed E-state index contributed by atoms with van der Waals surface area (Å²) < 4.78 is 5.28. The predicted octanol–water partition coefficient (Wildman–Crippen LogP) is 0.966. The number of piperazine rings is 1. The first-order chi connectivity index (χ1) is 8.65. The largest absolute Gasteiger partial charge is 0.465 e. The van der Waals surface area contributed by atoms with Crippen molar-refractivity contribution in [1.82, 2.24) is 9.80 Å². The van der Waals surface area contributed by atoms with Crippen LogP contribution in [0.15, 0.2) is 0 Å². The Bertz CT molecular complexity index is 353. The number of amides is 2. The minimum Gasteiger partial charge on any atom is -0.465 e. The second-order valence-electron chi connectivity index (χ2n) is 5.75. The number of hydrogen-bond acceptors (Lipinski definition) is 4. The summed E-state index contributed by atoms with van der Waals surface area (Å²) in [6.07, 6.45) is -1.57. The van der Waals surface area contributed by atoms with Gasteiger partial charge in [0.25, 0.3) is 0 Å². The second-order valence-corrected chi connectivity index (χ2v) is 5.75. The molecule has 1 saturated heterocycles. The zero-order valence-corrected chi connectivity index (χ0v) is 11.8. The summed E-state index contributed by atoms with van der Waals surface area (Å²) in [4.78, 5) is 25.7. The molecule has 7 heteroatoms. The van der Waals surface area contributed by atoms with Crippen LogP contribution in [-0.2, 0) is 4.74 Å². The van der Waals surface area contributed by atoms with E-state index in [0.29, 0.717) is 0 Å². The Morgan fingerprint density at radius 3 is 2.26 bits per heavy atom. The van der Waals surface area contributed by atoms with Gasteiger partial charge in [-0.15, -0.1) is 0 Å². The molecular formula is C12H22N2O5. The molecule has 2 N–H and O–H groups in total. The molecule has 1 heterocycles. The van der Waals surface area contributed by atoms with Crippen molar-refractivity contribution in [3.63, 3.8) is 0 Å². The fraction of sp³-hybridized carbons (Fsp3) is 0.833. The van der Waals surface area contributed by atoms with Gasteiger partial charge < -0.3 is 19.8 Å². The molecule has 0 aromatic heterocycles. The highest BCUT2D eigenvalue weighted by Crippen LogP contribution is 2.19. The maximum atomic E-state index is 12.0. The number of aliphatic hydroxyl groups excluding tert-OH is 1. The van der Waals surface area contributed by atoms with Crippen LogP contribution in [0.4, 0.5) is 9.59 Å². The number of carboxylic acid groups (broad SMARTS) is 1. The van der Waals surface area contributed by atoms with Gasteiger partial charge in [-0.25, -0.2) is 9.59 Å². The maximum absolute atomic E-state index is 12.0. The minimum absolute atomic E-state index is 0.138. The molecular weight excluding hydrogens is 252 g/mol.